The number of nitrogens with one attached hydrogen (secondary N) is 2. The highest BCUT2D eigenvalue weighted by molar-refractivity contribution is 7.12. The highest BCUT2D eigenvalue weighted by Gasteiger charge is 2.44. The Morgan fingerprint density at radius 1 is 1.27 bits per heavy atom. The van der Waals surface area contributed by atoms with Gasteiger partial charge in [-0.05, 0) is 36.4 Å². The van der Waals surface area contributed by atoms with E-state index in [0.717, 1.165) is 47.2 Å². The summed E-state index contributed by atoms with van der Waals surface area (Å²) in [5, 5.41) is 10.4. The molecule has 1 saturated carbocycles. The summed E-state index contributed by atoms with van der Waals surface area (Å²) in [7, 11) is 0. The number of hydrogen-bond acceptors (Lipinski definition) is 6. The van der Waals surface area contributed by atoms with Gasteiger partial charge in [-0.2, -0.15) is 0 Å². The summed E-state index contributed by atoms with van der Waals surface area (Å²) in [4.78, 5) is 25.2. The van der Waals surface area contributed by atoms with Gasteiger partial charge in [0.15, 0.2) is 11.5 Å². The van der Waals surface area contributed by atoms with Crippen molar-refractivity contribution in [3.63, 3.8) is 0 Å². The van der Waals surface area contributed by atoms with Crippen molar-refractivity contribution in [1.82, 2.24) is 5.32 Å². The average Bonchev–Trinajstić information content (AvgIpc) is 3.38. The Hall–Kier alpha value is -2.35. The molecular weight excluding hydrogens is 422 g/mol. The maximum Gasteiger partial charge on any atom is 0.284 e. The summed E-state index contributed by atoms with van der Waals surface area (Å²) < 4.78 is 5.91. The van der Waals surface area contributed by atoms with Gasteiger partial charge in [-0.3, -0.25) is 14.9 Å². The van der Waals surface area contributed by atoms with Crippen LogP contribution in [-0.4, -0.2) is 17.9 Å². The number of Topliss-reactive ketones (excluding diaryl/α,β-unsaturated/α-hetero) is 1. The molecule has 0 radical (unpaired) electrons. The van der Waals surface area contributed by atoms with E-state index in [2.05, 4.69) is 10.6 Å². The zero-order valence-corrected chi connectivity index (χ0v) is 17.9. The molecule has 1 amide bonds. The number of ketones is 1. The number of rotatable bonds is 4. The van der Waals surface area contributed by atoms with Gasteiger partial charge in [-0.15, -0.1) is 11.3 Å². The lowest BCUT2D eigenvalue weighted by Gasteiger charge is -2.46. The van der Waals surface area contributed by atoms with Crippen molar-refractivity contribution in [1.29, 1.82) is 0 Å². The minimum absolute atomic E-state index is 0.0932. The summed E-state index contributed by atoms with van der Waals surface area (Å²) in [5.74, 6) is -0.393. The Bertz CT molecular complexity index is 1130. The summed E-state index contributed by atoms with van der Waals surface area (Å²) >= 11 is 8.14. The zero-order valence-electron chi connectivity index (χ0n) is 16.3. The van der Waals surface area contributed by atoms with Gasteiger partial charge in [0.1, 0.15) is 5.58 Å². The first-order valence-electron chi connectivity index (χ1n) is 10.1. The lowest BCUT2D eigenvalue weighted by atomic mass is 9.74. The molecule has 1 aliphatic heterocycles. The van der Waals surface area contributed by atoms with Crippen molar-refractivity contribution >= 4 is 51.3 Å². The third-order valence-corrected chi connectivity index (χ3v) is 7.35. The molecule has 6 nitrogen and oxygen atoms in total. The van der Waals surface area contributed by atoms with Gasteiger partial charge in [-0.25, -0.2) is 0 Å². The number of primary amides is 1. The van der Waals surface area contributed by atoms with Crippen LogP contribution in [0.2, 0.25) is 5.02 Å². The summed E-state index contributed by atoms with van der Waals surface area (Å²) in [5.41, 5.74) is 7.44. The third kappa shape index (κ3) is 3.21. The van der Waals surface area contributed by atoms with Gasteiger partial charge in [-0.1, -0.05) is 36.9 Å². The number of hydrogen-bond donors (Lipinski definition) is 3. The molecule has 1 unspecified atom stereocenters. The molecule has 4 N–H and O–H groups in total. The van der Waals surface area contributed by atoms with Crippen LogP contribution in [0.4, 0.5) is 5.69 Å². The molecule has 0 saturated heterocycles. The predicted molar refractivity (Wildman–Crippen MR) is 118 cm³/mol. The Labute approximate surface area is 182 Å². The lowest BCUT2D eigenvalue weighted by molar-refractivity contribution is 0.0955. The fourth-order valence-corrected chi connectivity index (χ4v) is 5.80. The fraction of sp³-hybridized carbons (Fsp3) is 0.364. The van der Waals surface area contributed by atoms with E-state index in [1.165, 1.54) is 17.8 Å². The molecule has 1 fully saturated rings. The smallest absolute Gasteiger partial charge is 0.284 e. The molecule has 2 aliphatic rings. The minimum Gasteiger partial charge on any atom is -0.450 e. The molecule has 30 heavy (non-hydrogen) atoms. The van der Waals surface area contributed by atoms with Crippen LogP contribution < -0.4 is 16.4 Å². The molecule has 0 bridgehead atoms. The van der Waals surface area contributed by atoms with Crippen molar-refractivity contribution in [2.75, 3.05) is 5.32 Å². The number of benzene rings is 1. The highest BCUT2D eigenvalue weighted by atomic mass is 35.5. The molecule has 3 aromatic rings. The standard InChI is InChI=1S/C22H22ClN3O3S/c23-13-9-12-10-15(21(24)28)29-20(12)18-19(13)25-17(11-14(27)16-5-4-8-30-16)26-22(18)6-2-1-3-7-22/h4-5,8-10,17,25-26H,1-3,6-7,11H2,(H2,24,28). The molecule has 8 heteroatoms. The second-order valence-electron chi connectivity index (χ2n) is 8.09. The number of fused-ring (bicyclic) bond motifs is 4. The molecule has 1 atom stereocenters. The largest absolute Gasteiger partial charge is 0.450 e. The predicted octanol–water partition coefficient (Wildman–Crippen LogP) is 5.02. The van der Waals surface area contributed by atoms with Crippen molar-refractivity contribution in [2.24, 2.45) is 5.73 Å². The number of carbonyl (C=O) groups excluding carboxylic acids is 2. The second kappa shape index (κ2) is 7.41. The number of furan rings is 1. The van der Waals surface area contributed by atoms with Crippen LogP contribution in [0.3, 0.4) is 0 Å². The average molecular weight is 444 g/mol. The van der Waals surface area contributed by atoms with Crippen molar-refractivity contribution in [2.45, 2.75) is 50.2 Å². The monoisotopic (exact) mass is 443 g/mol. The van der Waals surface area contributed by atoms with Gasteiger partial charge in [0.25, 0.3) is 5.91 Å². The Balaban J connectivity index is 1.61. The van der Waals surface area contributed by atoms with E-state index in [4.69, 9.17) is 21.8 Å². The highest BCUT2D eigenvalue weighted by Crippen LogP contribution is 2.49. The molecule has 1 spiro atoms. The summed E-state index contributed by atoms with van der Waals surface area (Å²) in [6.45, 7) is 0. The Morgan fingerprint density at radius 3 is 2.77 bits per heavy atom. The number of anilines is 1. The number of halogens is 1. The van der Waals surface area contributed by atoms with Crippen LogP contribution in [0.25, 0.3) is 11.0 Å². The van der Waals surface area contributed by atoms with Gasteiger partial charge in [0.2, 0.25) is 0 Å². The van der Waals surface area contributed by atoms with Gasteiger partial charge in [0, 0.05) is 17.4 Å². The molecule has 2 aromatic heterocycles. The maximum atomic E-state index is 12.8. The molecule has 1 aromatic carbocycles. The first-order valence-corrected chi connectivity index (χ1v) is 11.4. The SMILES string of the molecule is NC(=O)c1cc2cc(Cl)c3c(c2o1)C1(CCCCC1)NC(CC(=O)c1cccs1)N3. The number of nitrogens with two attached hydrogens (primary N) is 1. The zero-order chi connectivity index (χ0) is 20.9. The van der Waals surface area contributed by atoms with Crippen molar-refractivity contribution in [3.05, 3.63) is 50.9 Å². The quantitative estimate of drug-likeness (QED) is 0.492. The van der Waals surface area contributed by atoms with Crippen LogP contribution in [0.5, 0.6) is 0 Å². The Kier molecular flexibility index (Phi) is 4.84. The van der Waals surface area contributed by atoms with Crippen LogP contribution in [0.15, 0.2) is 34.1 Å². The first kappa shape index (κ1) is 19.6. The van der Waals surface area contributed by atoms with Crippen LogP contribution in [0, 0.1) is 0 Å². The third-order valence-electron chi connectivity index (χ3n) is 6.14. The van der Waals surface area contributed by atoms with Crippen LogP contribution in [-0.2, 0) is 5.54 Å². The number of thiophene rings is 1. The molecule has 5 rings (SSSR count). The Morgan fingerprint density at radius 2 is 2.07 bits per heavy atom. The van der Waals surface area contributed by atoms with Crippen molar-refractivity contribution < 1.29 is 14.0 Å². The van der Waals surface area contributed by atoms with Gasteiger partial charge in [0.05, 0.1) is 27.3 Å². The van der Waals surface area contributed by atoms with Crippen LogP contribution in [0.1, 0.15) is 64.3 Å². The topological polar surface area (TPSA) is 97.4 Å². The normalized spacial score (nSPS) is 20.1. The molecular formula is C22H22ClN3O3S. The minimum atomic E-state index is -0.607. The number of carbonyl (C=O) groups is 2. The second-order valence-corrected chi connectivity index (χ2v) is 9.45. The van der Waals surface area contributed by atoms with Gasteiger partial charge >= 0.3 is 0 Å². The summed E-state index contributed by atoms with van der Waals surface area (Å²) in [6.07, 6.45) is 5.19. The first-order chi connectivity index (χ1) is 14.5. The molecule has 3 heterocycles. The lowest BCUT2D eigenvalue weighted by Crippen LogP contribution is -2.56. The van der Waals surface area contributed by atoms with E-state index in [1.807, 2.05) is 17.5 Å². The van der Waals surface area contributed by atoms with E-state index in [9.17, 15) is 9.59 Å². The van der Waals surface area contributed by atoms with Crippen molar-refractivity contribution in [3.8, 4) is 0 Å². The van der Waals surface area contributed by atoms with Gasteiger partial charge < -0.3 is 15.5 Å². The fourth-order valence-electron chi connectivity index (χ4n) is 4.86. The van der Waals surface area contributed by atoms with E-state index in [-0.39, 0.29) is 23.2 Å². The van der Waals surface area contributed by atoms with E-state index in [1.54, 1.807) is 12.1 Å². The maximum absolute atomic E-state index is 12.8. The summed E-state index contributed by atoms with van der Waals surface area (Å²) in [6, 6.07) is 7.18. The van der Waals surface area contributed by atoms with E-state index >= 15 is 0 Å². The number of amides is 1. The van der Waals surface area contributed by atoms with Crippen LogP contribution >= 0.6 is 22.9 Å². The van der Waals surface area contributed by atoms with E-state index < -0.39 is 5.91 Å². The molecule has 1 aliphatic carbocycles. The molecule has 156 valence electrons. The van der Waals surface area contributed by atoms with E-state index in [0.29, 0.717) is 17.0 Å².